The van der Waals surface area contributed by atoms with Crippen LogP contribution in [0.2, 0.25) is 0 Å². The Balaban J connectivity index is 1.15. The van der Waals surface area contributed by atoms with Crippen LogP contribution in [0, 0.1) is 5.92 Å². The lowest BCUT2D eigenvalue weighted by Gasteiger charge is -2.35. The lowest BCUT2D eigenvalue weighted by Crippen LogP contribution is -2.60. The molecule has 0 spiro atoms. The third-order valence-corrected chi connectivity index (χ3v) is 15.7. The van der Waals surface area contributed by atoms with Gasteiger partial charge in [0.05, 0.1) is 23.5 Å². The van der Waals surface area contributed by atoms with Crippen LogP contribution in [0.25, 0.3) is 26.2 Å². The van der Waals surface area contributed by atoms with E-state index in [1.54, 1.807) is 22.2 Å². The van der Waals surface area contributed by atoms with Crippen LogP contribution < -0.4 is 38.1 Å². The van der Waals surface area contributed by atoms with E-state index in [0.29, 0.717) is 31.4 Å². The minimum absolute atomic E-state index is 0.0215. The lowest BCUT2D eigenvalue weighted by molar-refractivity contribution is -0.144. The summed E-state index contributed by atoms with van der Waals surface area (Å²) in [6.45, 7) is 0.180. The molecule has 0 unspecified atom stereocenters. The number of thiophene rings is 2. The molecule has 4 aromatic rings. The van der Waals surface area contributed by atoms with Crippen LogP contribution in [0.3, 0.4) is 0 Å². The molecule has 8 rings (SSSR count). The van der Waals surface area contributed by atoms with Gasteiger partial charge in [-0.3, -0.25) is 38.4 Å². The molecule has 0 radical (unpaired) electrons. The zero-order valence-corrected chi connectivity index (χ0v) is 40.4. The van der Waals surface area contributed by atoms with Crippen molar-refractivity contribution >= 4 is 85.6 Å². The van der Waals surface area contributed by atoms with Crippen molar-refractivity contribution in [1.29, 1.82) is 0 Å². The van der Waals surface area contributed by atoms with Crippen LogP contribution >= 0.6 is 22.7 Å². The van der Waals surface area contributed by atoms with Gasteiger partial charge in [0.2, 0.25) is 47.3 Å². The van der Waals surface area contributed by atoms with Crippen LogP contribution in [0.5, 0.6) is 0 Å². The molecule has 1 aromatic carbocycles. The Kier molecular flexibility index (Phi) is 16.2. The van der Waals surface area contributed by atoms with Gasteiger partial charge >= 0.3 is 0 Å². The summed E-state index contributed by atoms with van der Waals surface area (Å²) in [7, 11) is 0. The molecule has 2 aliphatic heterocycles. The molecule has 2 aliphatic carbocycles. The summed E-state index contributed by atoms with van der Waals surface area (Å²) in [4.78, 5) is 114. The monoisotopic (exact) mass is 993 g/mol. The molecule has 9 N–H and O–H groups in total. The second-order valence-electron chi connectivity index (χ2n) is 18.5. The number of benzene rings is 1. The topological polar surface area (TPSA) is 283 Å². The molecule has 5 heterocycles. The Morgan fingerprint density at radius 1 is 0.800 bits per heavy atom. The molecule has 1 saturated carbocycles. The normalized spacial score (nSPS) is 25.1. The minimum Gasteiger partial charge on any atom is -0.370 e. The van der Waals surface area contributed by atoms with Crippen LogP contribution in [-0.2, 0) is 44.8 Å². The number of nitrogens with zero attached hydrogens (tertiary/aromatic N) is 4. The summed E-state index contributed by atoms with van der Waals surface area (Å²) in [6, 6.07) is 4.95. The SMILES string of the molecule is NC(=O)C[C@@H]1NC(=O)CCC(=O)NCCCC[C@@H](C(N)=O)NC(=O)[C@H](Cc2csc3ccccc23)NC(=O)[C@@H]2C[C@H](n3cc(-c4ccc(C5=CC=CC5)s4)nn3)CN2C(=O)[C@H](C2CCCCC2)NC1=O. The van der Waals surface area contributed by atoms with Crippen molar-refractivity contribution in [2.24, 2.45) is 17.4 Å². The summed E-state index contributed by atoms with van der Waals surface area (Å²) < 4.78 is 2.61. The molecule has 70 heavy (non-hydrogen) atoms. The van der Waals surface area contributed by atoms with E-state index in [9.17, 15) is 28.8 Å². The highest BCUT2D eigenvalue weighted by atomic mass is 32.1. The number of nitrogens with one attached hydrogen (secondary N) is 5. The Labute approximate surface area is 412 Å². The summed E-state index contributed by atoms with van der Waals surface area (Å²) in [5.41, 5.74) is 14.0. The van der Waals surface area contributed by atoms with Crippen LogP contribution in [-0.4, -0.2) is 110 Å². The summed E-state index contributed by atoms with van der Waals surface area (Å²) in [6.07, 6.45) is 12.4. The zero-order valence-electron chi connectivity index (χ0n) is 38.7. The Hall–Kier alpha value is -6.74. The first-order valence-electron chi connectivity index (χ1n) is 24.0. The Morgan fingerprint density at radius 2 is 1.56 bits per heavy atom. The third-order valence-electron chi connectivity index (χ3n) is 13.5. The molecule has 19 nitrogen and oxygen atoms in total. The van der Waals surface area contributed by atoms with Gasteiger partial charge in [-0.15, -0.1) is 27.8 Å². The fourth-order valence-electron chi connectivity index (χ4n) is 9.76. The fourth-order valence-corrected chi connectivity index (χ4v) is 11.7. The van der Waals surface area contributed by atoms with Crippen molar-refractivity contribution < 1.29 is 38.4 Å². The first kappa shape index (κ1) is 49.7. The zero-order chi connectivity index (χ0) is 49.3. The minimum atomic E-state index is -1.46. The van der Waals surface area contributed by atoms with Crippen molar-refractivity contribution in [3.05, 3.63) is 76.6 Å². The van der Waals surface area contributed by atoms with E-state index in [1.807, 2.05) is 47.9 Å². The predicted octanol–water partition coefficient (Wildman–Crippen LogP) is 2.91. The van der Waals surface area contributed by atoms with Crippen molar-refractivity contribution in [1.82, 2.24) is 46.5 Å². The largest absolute Gasteiger partial charge is 0.370 e. The average Bonchev–Trinajstić information content (AvgIpc) is 4.21. The second-order valence-corrected chi connectivity index (χ2v) is 20.5. The molecular weight excluding hydrogens is 935 g/mol. The van der Waals surface area contributed by atoms with Crippen LogP contribution in [0.15, 0.2) is 66.2 Å². The number of primary amides is 2. The van der Waals surface area contributed by atoms with Gasteiger partial charge in [0.15, 0.2) is 0 Å². The first-order chi connectivity index (χ1) is 33.8. The third kappa shape index (κ3) is 12.2. The number of aromatic nitrogens is 3. The fraction of sp³-hybridized carbons (Fsp3) is 0.469. The van der Waals surface area contributed by atoms with Gasteiger partial charge in [-0.05, 0) is 84.5 Å². The van der Waals surface area contributed by atoms with E-state index in [2.05, 4.69) is 49.0 Å². The van der Waals surface area contributed by atoms with E-state index in [0.717, 1.165) is 51.1 Å². The van der Waals surface area contributed by atoms with Gasteiger partial charge in [0.1, 0.15) is 35.9 Å². The summed E-state index contributed by atoms with van der Waals surface area (Å²) in [5, 5.41) is 25.7. The number of rotatable bonds is 9. The van der Waals surface area contributed by atoms with Crippen LogP contribution in [0.1, 0.15) is 100.0 Å². The van der Waals surface area contributed by atoms with Crippen molar-refractivity contribution in [3.8, 4) is 10.6 Å². The number of fused-ring (bicyclic) bond motifs is 2. The molecule has 21 heteroatoms. The molecule has 6 atom stereocenters. The van der Waals surface area contributed by atoms with Crippen LogP contribution in [0.4, 0.5) is 0 Å². The quantitative estimate of drug-likeness (QED) is 0.129. The van der Waals surface area contributed by atoms with E-state index >= 15 is 9.59 Å². The number of hydrogen-bond acceptors (Lipinski definition) is 12. The average molecular weight is 994 g/mol. The van der Waals surface area contributed by atoms with Gasteiger partial charge in [0.25, 0.3) is 0 Å². The second kappa shape index (κ2) is 22.8. The number of hydrogen-bond donors (Lipinski definition) is 7. The summed E-state index contributed by atoms with van der Waals surface area (Å²) >= 11 is 3.07. The first-order valence-corrected chi connectivity index (χ1v) is 25.7. The van der Waals surface area contributed by atoms with E-state index in [1.165, 1.54) is 21.8 Å². The molecule has 8 amide bonds. The number of carbonyl (C=O) groups is 8. The molecule has 3 fully saturated rings. The lowest BCUT2D eigenvalue weighted by atomic mass is 9.83. The smallest absolute Gasteiger partial charge is 0.246 e. The van der Waals surface area contributed by atoms with E-state index in [4.69, 9.17) is 11.5 Å². The molecule has 0 bridgehead atoms. The maximum Gasteiger partial charge on any atom is 0.246 e. The Bertz CT molecular complexity index is 2680. The van der Waals surface area contributed by atoms with E-state index < -0.39 is 89.9 Å². The number of nitrogens with two attached hydrogens (primary N) is 2. The molecule has 3 aromatic heterocycles. The van der Waals surface area contributed by atoms with Crippen molar-refractivity contribution in [3.63, 3.8) is 0 Å². The van der Waals surface area contributed by atoms with Gasteiger partial charge in [0, 0.05) is 48.3 Å². The van der Waals surface area contributed by atoms with E-state index in [-0.39, 0.29) is 51.1 Å². The number of amides is 8. The van der Waals surface area contributed by atoms with Gasteiger partial charge in [-0.1, -0.05) is 60.9 Å². The molecule has 2 saturated heterocycles. The molecule has 4 aliphatic rings. The molecular formula is C49H59N11O8S2. The van der Waals surface area contributed by atoms with Gasteiger partial charge < -0.3 is 43.0 Å². The van der Waals surface area contributed by atoms with Crippen molar-refractivity contribution in [2.75, 3.05) is 13.1 Å². The highest BCUT2D eigenvalue weighted by Gasteiger charge is 2.46. The predicted molar refractivity (Wildman–Crippen MR) is 263 cm³/mol. The Morgan fingerprint density at radius 3 is 2.33 bits per heavy atom. The number of carbonyl (C=O) groups excluding carboxylic acids is 8. The maximum absolute atomic E-state index is 15.3. The highest BCUT2D eigenvalue weighted by Crippen LogP contribution is 2.36. The van der Waals surface area contributed by atoms with Crippen molar-refractivity contribution in [2.45, 2.75) is 126 Å². The van der Waals surface area contributed by atoms with Gasteiger partial charge in [-0.2, -0.15) is 0 Å². The van der Waals surface area contributed by atoms with Gasteiger partial charge in [-0.25, -0.2) is 4.68 Å². The number of allylic oxidation sites excluding steroid dienone is 4. The summed E-state index contributed by atoms with van der Waals surface area (Å²) in [5.74, 6) is -5.83. The molecule has 370 valence electrons. The standard InChI is InChI=1S/C49H59N11O8S2/c50-41(61)24-35-47(66)56-44(29-12-2-1-3-13-29)49(68)59-25-31(60-26-36(57-58-60)40-18-17-38(70-40)28-10-4-5-11-28)23-37(59)48(67)55-34(22-30-27-69-39-16-7-6-14-32(30)39)46(65)54-33(45(51)64)15-8-9-21-52-42(62)19-20-43(63)53-35/h4-7,10,14,16-18,26-27,29,31,33-35,37,44H,1-3,8-9,11-13,15,19-25H2,(H2,50,61)(H2,51,64)(H,52,62)(H,53,63)(H,54,65)(H,55,67)(H,56,66)/t31-,33-,34-,35-,37-,44-/m0/s1. The highest BCUT2D eigenvalue weighted by molar-refractivity contribution is 7.17. The maximum atomic E-state index is 15.3.